The lowest BCUT2D eigenvalue weighted by Gasteiger charge is -2.15. The zero-order valence-electron chi connectivity index (χ0n) is 12.6. The van der Waals surface area contributed by atoms with Crippen molar-refractivity contribution in [1.29, 1.82) is 0 Å². The van der Waals surface area contributed by atoms with Crippen LogP contribution in [0.5, 0.6) is 0 Å². The van der Waals surface area contributed by atoms with Crippen LogP contribution in [0.25, 0.3) is 0 Å². The fourth-order valence-electron chi connectivity index (χ4n) is 2.13. The van der Waals surface area contributed by atoms with Gasteiger partial charge in [0.25, 0.3) is 0 Å². The topological polar surface area (TPSA) is 67.2 Å². The van der Waals surface area contributed by atoms with Crippen molar-refractivity contribution >= 4 is 11.7 Å². The molecule has 1 aromatic carbocycles. The first-order valence-electron chi connectivity index (χ1n) is 7.53. The molecule has 20 heavy (non-hydrogen) atoms. The molecule has 0 heterocycles. The molecule has 0 radical (unpaired) electrons. The number of carbonyl (C=O) groups excluding carboxylic acids is 1. The Balaban J connectivity index is 2.38. The number of rotatable bonds is 8. The molecule has 1 rings (SSSR count). The van der Waals surface area contributed by atoms with Crippen LogP contribution in [0.1, 0.15) is 45.1 Å². The number of hydrogen-bond donors (Lipinski definition) is 3. The molecule has 0 spiro atoms. The number of urea groups is 1. The predicted octanol–water partition coefficient (Wildman–Crippen LogP) is 3.48. The van der Waals surface area contributed by atoms with E-state index in [1.54, 1.807) is 0 Å². The average molecular weight is 277 g/mol. The van der Waals surface area contributed by atoms with Crippen LogP contribution >= 0.6 is 0 Å². The Bertz CT molecular complexity index is 406. The van der Waals surface area contributed by atoms with Crippen LogP contribution in [-0.2, 0) is 6.54 Å². The van der Waals surface area contributed by atoms with Crippen molar-refractivity contribution in [3.8, 4) is 0 Å². The quantitative estimate of drug-likeness (QED) is 0.681. The molecule has 112 valence electrons. The van der Waals surface area contributed by atoms with Gasteiger partial charge in [-0.05, 0) is 30.0 Å². The molecule has 0 fully saturated rings. The summed E-state index contributed by atoms with van der Waals surface area (Å²) < 4.78 is 0. The van der Waals surface area contributed by atoms with Crippen molar-refractivity contribution in [2.24, 2.45) is 11.7 Å². The van der Waals surface area contributed by atoms with Crippen molar-refractivity contribution in [1.82, 2.24) is 5.32 Å². The summed E-state index contributed by atoms with van der Waals surface area (Å²) in [6.07, 6.45) is 4.70. The van der Waals surface area contributed by atoms with Crippen molar-refractivity contribution in [3.63, 3.8) is 0 Å². The minimum atomic E-state index is -0.144. The maximum atomic E-state index is 11.9. The van der Waals surface area contributed by atoms with Crippen LogP contribution in [0.2, 0.25) is 0 Å². The number of unbranched alkanes of at least 4 members (excludes halogenated alkanes) is 1. The highest BCUT2D eigenvalue weighted by molar-refractivity contribution is 5.89. The maximum Gasteiger partial charge on any atom is 0.319 e. The Morgan fingerprint density at radius 1 is 1.35 bits per heavy atom. The molecule has 1 aromatic rings. The van der Waals surface area contributed by atoms with E-state index in [1.165, 1.54) is 19.3 Å². The van der Waals surface area contributed by atoms with Crippen LogP contribution in [0.4, 0.5) is 10.5 Å². The van der Waals surface area contributed by atoms with E-state index >= 15 is 0 Å². The van der Waals surface area contributed by atoms with Crippen LogP contribution in [0, 0.1) is 5.92 Å². The number of nitrogens with two attached hydrogens (primary N) is 1. The van der Waals surface area contributed by atoms with Gasteiger partial charge in [-0.25, -0.2) is 4.79 Å². The number of nitrogens with one attached hydrogen (secondary N) is 2. The summed E-state index contributed by atoms with van der Waals surface area (Å²) in [6.45, 7) is 5.58. The second-order valence-corrected chi connectivity index (χ2v) is 5.16. The highest BCUT2D eigenvalue weighted by Gasteiger charge is 2.08. The van der Waals surface area contributed by atoms with E-state index in [1.807, 2.05) is 24.3 Å². The van der Waals surface area contributed by atoms with Gasteiger partial charge in [0.05, 0.1) is 0 Å². The number of carbonyl (C=O) groups is 1. The highest BCUT2D eigenvalue weighted by Crippen LogP contribution is 2.12. The Morgan fingerprint density at radius 3 is 2.80 bits per heavy atom. The first-order chi connectivity index (χ1) is 9.69. The first-order valence-corrected chi connectivity index (χ1v) is 7.53. The van der Waals surface area contributed by atoms with Crippen molar-refractivity contribution in [3.05, 3.63) is 29.8 Å². The number of amides is 2. The van der Waals surface area contributed by atoms with E-state index in [-0.39, 0.29) is 6.03 Å². The largest absolute Gasteiger partial charge is 0.338 e. The second-order valence-electron chi connectivity index (χ2n) is 5.16. The summed E-state index contributed by atoms with van der Waals surface area (Å²) in [4.78, 5) is 11.9. The van der Waals surface area contributed by atoms with Crippen LogP contribution in [0.15, 0.2) is 24.3 Å². The Labute approximate surface area is 122 Å². The third-order valence-electron chi connectivity index (χ3n) is 3.52. The van der Waals surface area contributed by atoms with Crippen molar-refractivity contribution < 1.29 is 4.79 Å². The summed E-state index contributed by atoms with van der Waals surface area (Å²) in [6, 6.07) is 7.46. The van der Waals surface area contributed by atoms with E-state index in [4.69, 9.17) is 5.73 Å². The molecule has 0 bridgehead atoms. The Kier molecular flexibility index (Phi) is 7.73. The van der Waals surface area contributed by atoms with E-state index in [0.29, 0.717) is 12.5 Å². The summed E-state index contributed by atoms with van der Waals surface area (Å²) in [5, 5.41) is 5.79. The number of anilines is 1. The molecule has 4 nitrogen and oxygen atoms in total. The van der Waals surface area contributed by atoms with Gasteiger partial charge in [0.2, 0.25) is 0 Å². The van der Waals surface area contributed by atoms with Crippen LogP contribution in [0.3, 0.4) is 0 Å². The molecule has 0 saturated carbocycles. The Morgan fingerprint density at radius 2 is 2.15 bits per heavy atom. The fraction of sp³-hybridized carbons (Fsp3) is 0.562. The summed E-state index contributed by atoms with van der Waals surface area (Å²) >= 11 is 0. The summed E-state index contributed by atoms with van der Waals surface area (Å²) in [5.41, 5.74) is 7.38. The van der Waals surface area contributed by atoms with Crippen LogP contribution < -0.4 is 16.4 Å². The van der Waals surface area contributed by atoms with Gasteiger partial charge >= 0.3 is 6.03 Å². The standard InChI is InChI=1S/C16H27N3O/c1-3-5-7-13(4-2)12-18-16(20)19-15-9-6-8-14(10-15)11-17/h6,8-10,13H,3-5,7,11-12,17H2,1-2H3,(H2,18,19,20). The molecule has 1 atom stereocenters. The lowest BCUT2D eigenvalue weighted by atomic mass is 9.99. The van der Waals surface area contributed by atoms with Gasteiger partial charge in [-0.15, -0.1) is 0 Å². The monoisotopic (exact) mass is 277 g/mol. The van der Waals surface area contributed by atoms with Gasteiger partial charge in [0.1, 0.15) is 0 Å². The smallest absolute Gasteiger partial charge is 0.319 e. The minimum absolute atomic E-state index is 0.144. The van der Waals surface area contributed by atoms with Crippen molar-refractivity contribution in [2.75, 3.05) is 11.9 Å². The van der Waals surface area contributed by atoms with Gasteiger partial charge in [0, 0.05) is 18.8 Å². The molecule has 0 aliphatic heterocycles. The number of hydrogen-bond acceptors (Lipinski definition) is 2. The lowest BCUT2D eigenvalue weighted by molar-refractivity contribution is 0.249. The molecule has 2 amide bonds. The average Bonchev–Trinajstić information content (AvgIpc) is 2.47. The zero-order chi connectivity index (χ0) is 14.8. The molecule has 0 aliphatic rings. The summed E-state index contributed by atoms with van der Waals surface area (Å²) in [7, 11) is 0. The van der Waals surface area contributed by atoms with E-state index in [2.05, 4.69) is 24.5 Å². The van der Waals surface area contributed by atoms with Gasteiger partial charge in [-0.1, -0.05) is 45.2 Å². The molecule has 0 saturated heterocycles. The maximum absolute atomic E-state index is 11.9. The van der Waals surface area contributed by atoms with Gasteiger partial charge in [-0.2, -0.15) is 0 Å². The molecule has 0 aliphatic carbocycles. The van der Waals surface area contributed by atoms with Gasteiger partial charge < -0.3 is 16.4 Å². The second kappa shape index (κ2) is 9.37. The van der Waals surface area contributed by atoms with E-state index in [0.717, 1.165) is 24.2 Å². The fourth-order valence-corrected chi connectivity index (χ4v) is 2.13. The zero-order valence-corrected chi connectivity index (χ0v) is 12.6. The SMILES string of the molecule is CCCCC(CC)CNC(=O)Nc1cccc(CN)c1. The predicted molar refractivity (Wildman–Crippen MR) is 84.7 cm³/mol. The van der Waals surface area contributed by atoms with Gasteiger partial charge in [0.15, 0.2) is 0 Å². The first kappa shape index (κ1) is 16.5. The summed E-state index contributed by atoms with van der Waals surface area (Å²) in [5.74, 6) is 0.566. The molecule has 4 N–H and O–H groups in total. The molecular formula is C16H27N3O. The number of benzene rings is 1. The van der Waals surface area contributed by atoms with E-state index in [9.17, 15) is 4.79 Å². The minimum Gasteiger partial charge on any atom is -0.338 e. The normalized spacial score (nSPS) is 11.9. The third-order valence-corrected chi connectivity index (χ3v) is 3.52. The molecule has 0 aromatic heterocycles. The molecule has 4 heteroatoms. The van der Waals surface area contributed by atoms with Crippen molar-refractivity contribution in [2.45, 2.75) is 46.1 Å². The lowest BCUT2D eigenvalue weighted by Crippen LogP contribution is -2.33. The molecule has 1 unspecified atom stereocenters. The van der Waals surface area contributed by atoms with Gasteiger partial charge in [-0.3, -0.25) is 0 Å². The third kappa shape index (κ3) is 6.06. The Hall–Kier alpha value is -1.55. The van der Waals surface area contributed by atoms with E-state index < -0.39 is 0 Å². The van der Waals surface area contributed by atoms with Crippen LogP contribution in [-0.4, -0.2) is 12.6 Å². The molecular weight excluding hydrogens is 250 g/mol. The highest BCUT2D eigenvalue weighted by atomic mass is 16.2.